The van der Waals surface area contributed by atoms with Gasteiger partial charge < -0.3 is 11.1 Å². The Bertz CT molecular complexity index is 379. The number of carbonyl (C=O) groups is 1. The first-order valence-electron chi connectivity index (χ1n) is 5.59. The number of amides is 1. The Morgan fingerprint density at radius 1 is 1.62 bits per heavy atom. The van der Waals surface area contributed by atoms with Gasteiger partial charge in [0.2, 0.25) is 11.0 Å². The third kappa shape index (κ3) is 2.32. The molecule has 1 fully saturated rings. The average Bonchev–Trinajstić information content (AvgIpc) is 2.87. The summed E-state index contributed by atoms with van der Waals surface area (Å²) in [6.45, 7) is 2.02. The number of aromatic nitrogens is 2. The van der Waals surface area contributed by atoms with Crippen LogP contribution in [0.2, 0.25) is 0 Å². The predicted molar refractivity (Wildman–Crippen MR) is 63.2 cm³/mol. The lowest BCUT2D eigenvalue weighted by Crippen LogP contribution is -2.34. The Labute approximate surface area is 98.6 Å². The molecule has 0 aromatic carbocycles. The predicted octanol–water partition coefficient (Wildman–Crippen LogP) is 1.17. The smallest absolute Gasteiger partial charge is 0.222 e. The molecular formula is C10H16N4OS. The summed E-state index contributed by atoms with van der Waals surface area (Å²) in [5.41, 5.74) is 5.36. The highest BCUT2D eigenvalue weighted by atomic mass is 32.1. The molecular weight excluding hydrogens is 224 g/mol. The van der Waals surface area contributed by atoms with Crippen LogP contribution in [-0.4, -0.2) is 21.3 Å². The summed E-state index contributed by atoms with van der Waals surface area (Å²) in [5, 5.41) is 4.07. The maximum atomic E-state index is 11.2. The molecule has 1 heterocycles. The van der Waals surface area contributed by atoms with Crippen LogP contribution in [0.4, 0.5) is 5.13 Å². The van der Waals surface area contributed by atoms with Gasteiger partial charge in [-0.25, -0.2) is 4.98 Å². The molecule has 1 aliphatic rings. The van der Waals surface area contributed by atoms with Crippen LogP contribution >= 0.6 is 11.5 Å². The molecule has 0 unspecified atom stereocenters. The number of carbonyl (C=O) groups excluding carboxylic acids is 1. The lowest BCUT2D eigenvalue weighted by Gasteiger charge is -2.16. The Kier molecular flexibility index (Phi) is 3.38. The minimum absolute atomic E-state index is 0.0611. The minimum atomic E-state index is -0.213. The first-order valence-corrected chi connectivity index (χ1v) is 6.36. The molecule has 1 amide bonds. The number of primary amides is 1. The molecule has 88 valence electrons. The number of hydrogen-bond acceptors (Lipinski definition) is 5. The SMILES string of the molecule is CCc1nsc(N[C@@H]2CCC[C@@H]2C(N)=O)n1. The number of nitrogens with zero attached hydrogens (tertiary/aromatic N) is 2. The quantitative estimate of drug-likeness (QED) is 0.827. The molecule has 1 aromatic rings. The van der Waals surface area contributed by atoms with E-state index in [1.807, 2.05) is 6.92 Å². The van der Waals surface area contributed by atoms with Crippen molar-refractivity contribution in [3.63, 3.8) is 0 Å². The van der Waals surface area contributed by atoms with Gasteiger partial charge in [0.25, 0.3) is 0 Å². The van der Waals surface area contributed by atoms with E-state index in [0.717, 1.165) is 36.6 Å². The molecule has 0 radical (unpaired) electrons. The zero-order chi connectivity index (χ0) is 11.5. The van der Waals surface area contributed by atoms with E-state index in [1.165, 1.54) is 11.5 Å². The summed E-state index contributed by atoms with van der Waals surface area (Å²) in [6.07, 6.45) is 3.74. The second kappa shape index (κ2) is 4.78. The van der Waals surface area contributed by atoms with Gasteiger partial charge in [-0.05, 0) is 12.8 Å². The van der Waals surface area contributed by atoms with Crippen LogP contribution < -0.4 is 11.1 Å². The highest BCUT2D eigenvalue weighted by Gasteiger charge is 2.31. The van der Waals surface area contributed by atoms with Crippen molar-refractivity contribution in [3.8, 4) is 0 Å². The van der Waals surface area contributed by atoms with Gasteiger partial charge in [0.15, 0.2) is 0 Å². The Morgan fingerprint density at radius 3 is 3.06 bits per heavy atom. The zero-order valence-corrected chi connectivity index (χ0v) is 10.1. The van der Waals surface area contributed by atoms with Gasteiger partial charge in [0.1, 0.15) is 5.82 Å². The topological polar surface area (TPSA) is 80.9 Å². The van der Waals surface area contributed by atoms with Gasteiger partial charge in [-0.3, -0.25) is 4.79 Å². The van der Waals surface area contributed by atoms with E-state index < -0.39 is 0 Å². The maximum absolute atomic E-state index is 11.2. The third-order valence-corrected chi connectivity index (χ3v) is 3.66. The Morgan fingerprint density at radius 2 is 2.44 bits per heavy atom. The molecule has 1 aromatic heterocycles. The molecule has 0 bridgehead atoms. The van der Waals surface area contributed by atoms with Gasteiger partial charge in [-0.15, -0.1) is 0 Å². The third-order valence-electron chi connectivity index (χ3n) is 2.97. The van der Waals surface area contributed by atoms with Crippen molar-refractivity contribution in [2.24, 2.45) is 11.7 Å². The molecule has 5 nitrogen and oxygen atoms in total. The van der Waals surface area contributed by atoms with E-state index in [4.69, 9.17) is 5.73 Å². The van der Waals surface area contributed by atoms with Crippen molar-refractivity contribution < 1.29 is 4.79 Å². The lowest BCUT2D eigenvalue weighted by molar-refractivity contribution is -0.121. The number of nitrogens with two attached hydrogens (primary N) is 1. The summed E-state index contributed by atoms with van der Waals surface area (Å²) in [7, 11) is 0. The Hall–Kier alpha value is -1.17. The van der Waals surface area contributed by atoms with E-state index in [9.17, 15) is 4.79 Å². The standard InChI is InChI=1S/C10H16N4OS/c1-2-8-13-10(16-14-8)12-7-5-3-4-6(7)9(11)15/h6-7H,2-5H2,1H3,(H2,11,15)(H,12,13,14)/t6-,7+/m0/s1. The molecule has 0 aliphatic heterocycles. The minimum Gasteiger partial charge on any atom is -0.369 e. The van der Waals surface area contributed by atoms with Crippen molar-refractivity contribution in [2.45, 2.75) is 38.6 Å². The first-order chi connectivity index (χ1) is 7.70. The van der Waals surface area contributed by atoms with Crippen LogP contribution in [-0.2, 0) is 11.2 Å². The molecule has 3 N–H and O–H groups in total. The van der Waals surface area contributed by atoms with Gasteiger partial charge in [0.05, 0.1) is 5.92 Å². The Balaban J connectivity index is 2.00. The fourth-order valence-corrected chi connectivity index (χ4v) is 2.80. The molecule has 2 atom stereocenters. The van der Waals surface area contributed by atoms with Crippen LogP contribution in [0.25, 0.3) is 0 Å². The van der Waals surface area contributed by atoms with E-state index in [2.05, 4.69) is 14.7 Å². The fourth-order valence-electron chi connectivity index (χ4n) is 2.09. The van der Waals surface area contributed by atoms with E-state index >= 15 is 0 Å². The van der Waals surface area contributed by atoms with E-state index in [-0.39, 0.29) is 17.9 Å². The van der Waals surface area contributed by atoms with Gasteiger partial charge in [-0.1, -0.05) is 13.3 Å². The van der Waals surface area contributed by atoms with Crippen molar-refractivity contribution in [2.75, 3.05) is 5.32 Å². The summed E-state index contributed by atoms with van der Waals surface area (Å²) in [6, 6.07) is 0.134. The van der Waals surface area contributed by atoms with Crippen LogP contribution in [0.5, 0.6) is 0 Å². The highest BCUT2D eigenvalue weighted by Crippen LogP contribution is 2.28. The van der Waals surface area contributed by atoms with Crippen molar-refractivity contribution in [1.29, 1.82) is 0 Å². The molecule has 6 heteroatoms. The molecule has 2 rings (SSSR count). The fraction of sp³-hybridized carbons (Fsp3) is 0.700. The summed E-state index contributed by atoms with van der Waals surface area (Å²) in [4.78, 5) is 15.5. The second-order valence-electron chi connectivity index (χ2n) is 4.06. The molecule has 0 saturated heterocycles. The van der Waals surface area contributed by atoms with E-state index in [1.54, 1.807) is 0 Å². The summed E-state index contributed by atoms with van der Waals surface area (Å²) in [5.74, 6) is 0.574. The number of hydrogen-bond donors (Lipinski definition) is 2. The monoisotopic (exact) mass is 240 g/mol. The lowest BCUT2D eigenvalue weighted by atomic mass is 10.0. The normalized spacial score (nSPS) is 24.6. The second-order valence-corrected chi connectivity index (χ2v) is 4.81. The summed E-state index contributed by atoms with van der Waals surface area (Å²) < 4.78 is 4.20. The van der Waals surface area contributed by atoms with Gasteiger partial charge >= 0.3 is 0 Å². The molecule has 1 saturated carbocycles. The number of anilines is 1. The highest BCUT2D eigenvalue weighted by molar-refractivity contribution is 7.09. The van der Waals surface area contributed by atoms with Crippen molar-refractivity contribution in [3.05, 3.63) is 5.82 Å². The largest absolute Gasteiger partial charge is 0.369 e. The average molecular weight is 240 g/mol. The number of aryl methyl sites for hydroxylation is 1. The number of nitrogens with one attached hydrogen (secondary N) is 1. The summed E-state index contributed by atoms with van der Waals surface area (Å²) >= 11 is 1.35. The van der Waals surface area contributed by atoms with Crippen LogP contribution in [0.15, 0.2) is 0 Å². The van der Waals surface area contributed by atoms with Crippen molar-refractivity contribution in [1.82, 2.24) is 9.36 Å². The molecule has 0 spiro atoms. The zero-order valence-electron chi connectivity index (χ0n) is 9.27. The number of rotatable bonds is 4. The van der Waals surface area contributed by atoms with Crippen molar-refractivity contribution >= 4 is 22.6 Å². The van der Waals surface area contributed by atoms with Gasteiger partial charge in [0, 0.05) is 24.0 Å². The first kappa shape index (κ1) is 11.3. The van der Waals surface area contributed by atoms with E-state index in [0.29, 0.717) is 0 Å². The maximum Gasteiger partial charge on any atom is 0.222 e. The molecule has 16 heavy (non-hydrogen) atoms. The van der Waals surface area contributed by atoms with Gasteiger partial charge in [-0.2, -0.15) is 4.37 Å². The van der Waals surface area contributed by atoms with Crippen LogP contribution in [0, 0.1) is 5.92 Å². The van der Waals surface area contributed by atoms with Crippen LogP contribution in [0.1, 0.15) is 32.0 Å². The van der Waals surface area contributed by atoms with Crippen LogP contribution in [0.3, 0.4) is 0 Å². The molecule has 1 aliphatic carbocycles.